The second kappa shape index (κ2) is 7.04. The van der Waals surface area contributed by atoms with Gasteiger partial charge in [0.1, 0.15) is 11.5 Å². The normalized spacial score (nSPS) is 10.2. The largest absolute Gasteiger partial charge is 0.492 e. The van der Waals surface area contributed by atoms with Gasteiger partial charge in [-0.15, -0.1) is 0 Å². The van der Waals surface area contributed by atoms with Crippen molar-refractivity contribution in [2.45, 2.75) is 6.42 Å². The number of anilines is 1. The highest BCUT2D eigenvalue weighted by Gasteiger charge is 2.00. The zero-order valence-electron chi connectivity index (χ0n) is 10.5. The SMILES string of the molecule is Nc1ccccc1OCCCOc1ccccc1Br. The summed E-state index contributed by atoms with van der Waals surface area (Å²) in [6.07, 6.45) is 0.801. The van der Waals surface area contributed by atoms with Crippen LogP contribution in [-0.2, 0) is 0 Å². The molecule has 0 bridgehead atoms. The topological polar surface area (TPSA) is 44.5 Å². The van der Waals surface area contributed by atoms with Crippen molar-refractivity contribution in [1.82, 2.24) is 0 Å². The molecule has 0 fully saturated rings. The molecule has 0 aliphatic heterocycles. The Morgan fingerprint density at radius 1 is 0.842 bits per heavy atom. The summed E-state index contributed by atoms with van der Waals surface area (Å²) in [6, 6.07) is 15.3. The molecule has 2 N–H and O–H groups in total. The molecule has 0 spiro atoms. The fourth-order valence-electron chi connectivity index (χ4n) is 1.60. The summed E-state index contributed by atoms with van der Waals surface area (Å²) in [6.45, 7) is 1.19. The molecule has 2 aromatic carbocycles. The Morgan fingerprint density at radius 2 is 1.42 bits per heavy atom. The lowest BCUT2D eigenvalue weighted by molar-refractivity contribution is 0.247. The van der Waals surface area contributed by atoms with Crippen LogP contribution in [0.4, 0.5) is 5.69 Å². The minimum Gasteiger partial charge on any atom is -0.492 e. The average molecular weight is 322 g/mol. The Balaban J connectivity index is 1.71. The molecule has 0 aliphatic carbocycles. The van der Waals surface area contributed by atoms with Crippen LogP contribution in [0.2, 0.25) is 0 Å². The molecule has 0 aliphatic rings. The predicted molar refractivity (Wildman–Crippen MR) is 80.6 cm³/mol. The molecule has 0 aromatic heterocycles. The van der Waals surface area contributed by atoms with Gasteiger partial charge in [0.15, 0.2) is 0 Å². The molecule has 100 valence electrons. The molecule has 0 atom stereocenters. The molecule has 0 radical (unpaired) electrons. The van der Waals surface area contributed by atoms with Crippen LogP contribution in [0.1, 0.15) is 6.42 Å². The molecule has 0 saturated carbocycles. The van der Waals surface area contributed by atoms with Crippen molar-refractivity contribution in [2.24, 2.45) is 0 Å². The molecule has 0 amide bonds. The van der Waals surface area contributed by atoms with Gasteiger partial charge in [-0.25, -0.2) is 0 Å². The summed E-state index contributed by atoms with van der Waals surface area (Å²) in [7, 11) is 0. The van der Waals surface area contributed by atoms with Gasteiger partial charge in [0.05, 0.1) is 23.4 Å². The van der Waals surface area contributed by atoms with Gasteiger partial charge in [0.25, 0.3) is 0 Å². The lowest BCUT2D eigenvalue weighted by Gasteiger charge is -2.10. The lowest BCUT2D eigenvalue weighted by atomic mass is 10.3. The number of hydrogen-bond donors (Lipinski definition) is 1. The van der Waals surface area contributed by atoms with E-state index < -0.39 is 0 Å². The predicted octanol–water partition coefficient (Wildman–Crippen LogP) is 3.88. The van der Waals surface area contributed by atoms with Gasteiger partial charge in [-0.05, 0) is 40.2 Å². The van der Waals surface area contributed by atoms with Crippen LogP contribution in [0.25, 0.3) is 0 Å². The smallest absolute Gasteiger partial charge is 0.142 e. The van der Waals surface area contributed by atoms with Gasteiger partial charge in [-0.3, -0.25) is 0 Å². The van der Waals surface area contributed by atoms with Gasteiger partial charge in [0.2, 0.25) is 0 Å². The number of halogens is 1. The number of benzene rings is 2. The van der Waals surface area contributed by atoms with Crippen molar-refractivity contribution in [1.29, 1.82) is 0 Å². The fourth-order valence-corrected chi connectivity index (χ4v) is 2.00. The van der Waals surface area contributed by atoms with E-state index in [1.165, 1.54) is 0 Å². The van der Waals surface area contributed by atoms with Gasteiger partial charge in [-0.2, -0.15) is 0 Å². The molecule has 0 heterocycles. The maximum absolute atomic E-state index is 5.78. The number of rotatable bonds is 6. The van der Waals surface area contributed by atoms with E-state index >= 15 is 0 Å². The highest BCUT2D eigenvalue weighted by atomic mass is 79.9. The van der Waals surface area contributed by atoms with Crippen LogP contribution in [0.15, 0.2) is 53.0 Å². The molecular weight excluding hydrogens is 306 g/mol. The molecule has 4 heteroatoms. The molecule has 0 unspecified atom stereocenters. The quantitative estimate of drug-likeness (QED) is 0.648. The number of nitrogens with two attached hydrogens (primary N) is 1. The first kappa shape index (κ1) is 13.7. The van der Waals surface area contributed by atoms with E-state index in [0.29, 0.717) is 18.9 Å². The zero-order chi connectivity index (χ0) is 13.5. The van der Waals surface area contributed by atoms with Gasteiger partial charge in [-0.1, -0.05) is 24.3 Å². The van der Waals surface area contributed by atoms with Gasteiger partial charge >= 0.3 is 0 Å². The van der Waals surface area contributed by atoms with E-state index in [9.17, 15) is 0 Å². The first-order chi connectivity index (χ1) is 9.27. The third-order valence-electron chi connectivity index (χ3n) is 2.56. The van der Waals surface area contributed by atoms with Crippen molar-refractivity contribution in [3.63, 3.8) is 0 Å². The van der Waals surface area contributed by atoms with Crippen molar-refractivity contribution >= 4 is 21.6 Å². The van der Waals surface area contributed by atoms with E-state index in [1.807, 2.05) is 48.5 Å². The first-order valence-electron chi connectivity index (χ1n) is 6.12. The molecule has 2 rings (SSSR count). The van der Waals surface area contributed by atoms with Gasteiger partial charge < -0.3 is 15.2 Å². The van der Waals surface area contributed by atoms with E-state index in [-0.39, 0.29) is 0 Å². The maximum Gasteiger partial charge on any atom is 0.142 e. The summed E-state index contributed by atoms with van der Waals surface area (Å²) in [5, 5.41) is 0. The second-order valence-electron chi connectivity index (χ2n) is 4.02. The monoisotopic (exact) mass is 321 g/mol. The number of ether oxygens (including phenoxy) is 2. The van der Waals surface area contributed by atoms with Crippen molar-refractivity contribution in [3.05, 3.63) is 53.0 Å². The van der Waals surface area contributed by atoms with Crippen LogP contribution in [0, 0.1) is 0 Å². The Labute approximate surface area is 121 Å². The second-order valence-corrected chi connectivity index (χ2v) is 4.87. The van der Waals surface area contributed by atoms with E-state index in [4.69, 9.17) is 15.2 Å². The summed E-state index contributed by atoms with van der Waals surface area (Å²) in [4.78, 5) is 0. The third kappa shape index (κ3) is 4.17. The van der Waals surface area contributed by atoms with Crippen LogP contribution in [0.5, 0.6) is 11.5 Å². The summed E-state index contributed by atoms with van der Waals surface area (Å²) in [5.74, 6) is 1.57. The average Bonchev–Trinajstić information content (AvgIpc) is 2.42. The molecule has 3 nitrogen and oxygen atoms in total. The standard InChI is InChI=1S/C15H16BrNO2/c16-12-6-1-3-8-14(12)18-10-5-11-19-15-9-4-2-7-13(15)17/h1-4,6-9H,5,10-11,17H2. The molecule has 19 heavy (non-hydrogen) atoms. The maximum atomic E-state index is 5.78. The van der Waals surface area contributed by atoms with Crippen molar-refractivity contribution in [3.8, 4) is 11.5 Å². The van der Waals surface area contributed by atoms with Gasteiger partial charge in [0, 0.05) is 6.42 Å². The number of nitrogen functional groups attached to an aromatic ring is 1. The van der Waals surface area contributed by atoms with Crippen LogP contribution >= 0.6 is 15.9 Å². The van der Waals surface area contributed by atoms with Crippen LogP contribution in [0.3, 0.4) is 0 Å². The zero-order valence-corrected chi connectivity index (χ0v) is 12.1. The molecule has 2 aromatic rings. The minimum absolute atomic E-state index is 0.582. The Hall–Kier alpha value is -1.68. The summed E-state index contributed by atoms with van der Waals surface area (Å²) >= 11 is 3.44. The fraction of sp³-hybridized carbons (Fsp3) is 0.200. The van der Waals surface area contributed by atoms with Crippen LogP contribution in [-0.4, -0.2) is 13.2 Å². The lowest BCUT2D eigenvalue weighted by Crippen LogP contribution is -2.06. The molecular formula is C15H16BrNO2. The Bertz CT molecular complexity index is 484. The van der Waals surface area contributed by atoms with Crippen molar-refractivity contribution < 1.29 is 9.47 Å². The minimum atomic E-state index is 0.582. The molecule has 0 saturated heterocycles. The summed E-state index contributed by atoms with van der Waals surface area (Å²) in [5.41, 5.74) is 6.45. The van der Waals surface area contributed by atoms with Crippen LogP contribution < -0.4 is 15.2 Å². The highest BCUT2D eigenvalue weighted by Crippen LogP contribution is 2.24. The summed E-state index contributed by atoms with van der Waals surface area (Å²) < 4.78 is 12.2. The Morgan fingerprint density at radius 3 is 2.11 bits per heavy atom. The third-order valence-corrected chi connectivity index (χ3v) is 3.21. The highest BCUT2D eigenvalue weighted by molar-refractivity contribution is 9.10. The van der Waals surface area contributed by atoms with Crippen molar-refractivity contribution in [2.75, 3.05) is 18.9 Å². The number of hydrogen-bond acceptors (Lipinski definition) is 3. The van der Waals surface area contributed by atoms with E-state index in [2.05, 4.69) is 15.9 Å². The first-order valence-corrected chi connectivity index (χ1v) is 6.91. The van der Waals surface area contributed by atoms with E-state index in [1.54, 1.807) is 0 Å². The van der Waals surface area contributed by atoms with E-state index in [0.717, 1.165) is 22.4 Å². The Kier molecular flexibility index (Phi) is 5.10. The number of para-hydroxylation sites is 3.